The molecule has 1 atom stereocenters. The third-order valence-corrected chi connectivity index (χ3v) is 3.77. The zero-order chi connectivity index (χ0) is 11.4. The molecule has 2 heterocycles. The van der Waals surface area contributed by atoms with Gasteiger partial charge in [0.2, 0.25) is 0 Å². The molecule has 1 unspecified atom stereocenters. The molecule has 1 saturated heterocycles. The van der Waals surface area contributed by atoms with Crippen molar-refractivity contribution in [3.8, 4) is 0 Å². The number of likely N-dealkylation sites (tertiary alicyclic amines) is 1. The summed E-state index contributed by atoms with van der Waals surface area (Å²) >= 11 is 6.14. The summed E-state index contributed by atoms with van der Waals surface area (Å²) in [6.45, 7) is 5.47. The lowest BCUT2D eigenvalue weighted by Crippen LogP contribution is -2.35. The second-order valence-electron chi connectivity index (χ2n) is 4.65. The van der Waals surface area contributed by atoms with E-state index >= 15 is 0 Å². The van der Waals surface area contributed by atoms with Crippen LogP contribution in [0.3, 0.4) is 0 Å². The van der Waals surface area contributed by atoms with E-state index in [1.54, 1.807) is 0 Å². The summed E-state index contributed by atoms with van der Waals surface area (Å²) in [5, 5.41) is 0.320. The normalized spacial score (nSPS) is 20.9. The quantitative estimate of drug-likeness (QED) is 0.753. The molecular formula is C13H19ClN2. The third-order valence-electron chi connectivity index (χ3n) is 3.41. The van der Waals surface area contributed by atoms with Crippen LogP contribution in [-0.4, -0.2) is 28.4 Å². The van der Waals surface area contributed by atoms with E-state index in [0.29, 0.717) is 11.3 Å². The second kappa shape index (κ2) is 5.65. The van der Waals surface area contributed by atoms with E-state index < -0.39 is 0 Å². The average molecular weight is 239 g/mol. The molecule has 2 nitrogen and oxygen atoms in total. The second-order valence-corrected chi connectivity index (χ2v) is 5.34. The van der Waals surface area contributed by atoms with E-state index in [1.165, 1.54) is 18.4 Å². The number of halogens is 1. The van der Waals surface area contributed by atoms with Gasteiger partial charge in [0, 0.05) is 24.3 Å². The van der Waals surface area contributed by atoms with Crippen LogP contribution in [-0.2, 0) is 6.54 Å². The summed E-state index contributed by atoms with van der Waals surface area (Å²) in [5.41, 5.74) is 1.31. The fourth-order valence-corrected chi connectivity index (χ4v) is 2.57. The van der Waals surface area contributed by atoms with Crippen molar-refractivity contribution in [2.75, 3.05) is 13.1 Å². The molecule has 1 aromatic rings. The molecule has 1 aliphatic rings. The van der Waals surface area contributed by atoms with Gasteiger partial charge in [-0.3, -0.25) is 9.88 Å². The summed E-state index contributed by atoms with van der Waals surface area (Å²) in [6, 6.07) is 4.15. The lowest BCUT2D eigenvalue weighted by atomic mass is 9.94. The van der Waals surface area contributed by atoms with Crippen LogP contribution in [0.15, 0.2) is 24.5 Å². The maximum atomic E-state index is 6.14. The van der Waals surface area contributed by atoms with Gasteiger partial charge >= 0.3 is 0 Å². The molecule has 88 valence electrons. The van der Waals surface area contributed by atoms with Crippen molar-refractivity contribution in [1.29, 1.82) is 0 Å². The number of nitrogens with zero attached hydrogens (tertiary/aromatic N) is 2. The van der Waals surface area contributed by atoms with Gasteiger partial charge in [-0.25, -0.2) is 0 Å². The molecule has 0 radical (unpaired) electrons. The largest absolute Gasteiger partial charge is 0.299 e. The zero-order valence-electron chi connectivity index (χ0n) is 9.77. The predicted molar refractivity (Wildman–Crippen MR) is 67.6 cm³/mol. The first-order chi connectivity index (χ1) is 7.75. The van der Waals surface area contributed by atoms with E-state index in [-0.39, 0.29) is 0 Å². The highest BCUT2D eigenvalue weighted by atomic mass is 35.5. The minimum Gasteiger partial charge on any atom is -0.299 e. The minimum absolute atomic E-state index is 0.320. The fraction of sp³-hybridized carbons (Fsp3) is 0.615. The number of pyridine rings is 1. The van der Waals surface area contributed by atoms with Gasteiger partial charge in [-0.1, -0.05) is 6.07 Å². The van der Waals surface area contributed by atoms with Gasteiger partial charge in [0.25, 0.3) is 0 Å². The molecule has 0 aliphatic carbocycles. The number of alkyl halides is 1. The third kappa shape index (κ3) is 3.19. The van der Waals surface area contributed by atoms with Crippen LogP contribution in [0.5, 0.6) is 0 Å². The van der Waals surface area contributed by atoms with Crippen LogP contribution < -0.4 is 0 Å². The minimum atomic E-state index is 0.320. The van der Waals surface area contributed by atoms with Gasteiger partial charge in [-0.05, 0) is 50.4 Å². The number of hydrogen-bond donors (Lipinski definition) is 0. The number of aromatic nitrogens is 1. The van der Waals surface area contributed by atoms with Gasteiger partial charge in [-0.15, -0.1) is 11.6 Å². The summed E-state index contributed by atoms with van der Waals surface area (Å²) < 4.78 is 0. The molecule has 0 bridgehead atoms. The van der Waals surface area contributed by atoms with Crippen LogP contribution in [0.25, 0.3) is 0 Å². The molecule has 0 amide bonds. The first-order valence-corrected chi connectivity index (χ1v) is 6.44. The average Bonchev–Trinajstić information content (AvgIpc) is 2.31. The summed E-state index contributed by atoms with van der Waals surface area (Å²) in [6.07, 6.45) is 6.23. The maximum Gasteiger partial charge on any atom is 0.0337 e. The van der Waals surface area contributed by atoms with E-state index in [4.69, 9.17) is 11.6 Å². The Bertz CT molecular complexity index is 305. The Hall–Kier alpha value is -0.600. The lowest BCUT2D eigenvalue weighted by molar-refractivity contribution is 0.176. The van der Waals surface area contributed by atoms with Crippen LogP contribution in [0.2, 0.25) is 0 Å². The number of hydrogen-bond acceptors (Lipinski definition) is 2. The highest BCUT2D eigenvalue weighted by molar-refractivity contribution is 6.20. The van der Waals surface area contributed by atoms with Gasteiger partial charge < -0.3 is 0 Å². The standard InChI is InChI=1S/C13H19ClN2/c1-11(14)13-4-7-16(8-5-13)10-12-3-2-6-15-9-12/h2-3,6,9,11,13H,4-5,7-8,10H2,1H3. The highest BCUT2D eigenvalue weighted by Crippen LogP contribution is 2.24. The van der Waals surface area contributed by atoms with Crippen molar-refractivity contribution in [1.82, 2.24) is 9.88 Å². The zero-order valence-corrected chi connectivity index (χ0v) is 10.5. The SMILES string of the molecule is CC(Cl)C1CCN(Cc2cccnc2)CC1. The monoisotopic (exact) mass is 238 g/mol. The molecule has 16 heavy (non-hydrogen) atoms. The smallest absolute Gasteiger partial charge is 0.0337 e. The van der Waals surface area contributed by atoms with Gasteiger partial charge in [0.05, 0.1) is 0 Å². The van der Waals surface area contributed by atoms with E-state index in [1.807, 2.05) is 18.5 Å². The molecule has 1 aliphatic heterocycles. The summed E-state index contributed by atoms with van der Waals surface area (Å²) in [5.74, 6) is 0.701. The summed E-state index contributed by atoms with van der Waals surface area (Å²) in [4.78, 5) is 6.64. The van der Waals surface area contributed by atoms with Gasteiger partial charge in [-0.2, -0.15) is 0 Å². The maximum absolute atomic E-state index is 6.14. The number of piperidine rings is 1. The molecule has 0 spiro atoms. The van der Waals surface area contributed by atoms with Crippen molar-refractivity contribution >= 4 is 11.6 Å². The van der Waals surface area contributed by atoms with Gasteiger partial charge in [0.1, 0.15) is 0 Å². The van der Waals surface area contributed by atoms with Gasteiger partial charge in [0.15, 0.2) is 0 Å². The number of rotatable bonds is 3. The van der Waals surface area contributed by atoms with E-state index in [0.717, 1.165) is 19.6 Å². The molecular weight excluding hydrogens is 220 g/mol. The van der Waals surface area contributed by atoms with Crippen LogP contribution in [0, 0.1) is 5.92 Å². The van der Waals surface area contributed by atoms with Crippen molar-refractivity contribution in [2.45, 2.75) is 31.7 Å². The fourth-order valence-electron chi connectivity index (χ4n) is 2.32. The van der Waals surface area contributed by atoms with Crippen molar-refractivity contribution in [2.24, 2.45) is 5.92 Å². The first kappa shape index (κ1) is 11.9. The topological polar surface area (TPSA) is 16.1 Å². The lowest BCUT2D eigenvalue weighted by Gasteiger charge is -2.33. The Labute approximate surface area is 103 Å². The predicted octanol–water partition coefficient (Wildman–Crippen LogP) is 2.92. The van der Waals surface area contributed by atoms with E-state index in [9.17, 15) is 0 Å². The Morgan fingerprint density at radius 1 is 1.50 bits per heavy atom. The molecule has 0 aromatic carbocycles. The Morgan fingerprint density at radius 2 is 2.25 bits per heavy atom. The van der Waals surface area contributed by atoms with Crippen LogP contribution in [0.4, 0.5) is 0 Å². The van der Waals surface area contributed by atoms with Crippen molar-refractivity contribution in [3.05, 3.63) is 30.1 Å². The first-order valence-electron chi connectivity index (χ1n) is 6.01. The molecule has 3 heteroatoms. The van der Waals surface area contributed by atoms with E-state index in [2.05, 4.69) is 22.9 Å². The molecule has 2 rings (SSSR count). The highest BCUT2D eigenvalue weighted by Gasteiger charge is 2.22. The Balaban J connectivity index is 1.82. The van der Waals surface area contributed by atoms with Crippen molar-refractivity contribution < 1.29 is 0 Å². The Kier molecular flexibility index (Phi) is 4.19. The Morgan fingerprint density at radius 3 is 2.81 bits per heavy atom. The molecule has 1 fully saturated rings. The summed E-state index contributed by atoms with van der Waals surface area (Å²) in [7, 11) is 0. The van der Waals surface area contributed by atoms with Crippen molar-refractivity contribution in [3.63, 3.8) is 0 Å². The molecule has 0 saturated carbocycles. The van der Waals surface area contributed by atoms with Crippen LogP contribution >= 0.6 is 11.6 Å². The molecule has 1 aromatic heterocycles. The van der Waals surface area contributed by atoms with Crippen LogP contribution in [0.1, 0.15) is 25.3 Å². The molecule has 0 N–H and O–H groups in total.